The van der Waals surface area contributed by atoms with Gasteiger partial charge in [-0.05, 0) is 42.9 Å². The number of benzene rings is 1. The SMILES string of the molecule is O=C(Nc1nc2cccc(-c3ccc(CN4CCS(=O)(=O)CC4C4C=CC4)cc3)n2n1)C1CC1. The molecular weight excluding hydrogens is 450 g/mol. The standard InChI is InChI=1S/C25H27N5O3S/c31-24(20-11-12-20)27-25-26-23-6-2-5-21(30(23)28-25)19-9-7-17(8-10-19)15-29-13-14-34(32,33)16-22(29)18-3-1-4-18/h1-3,5-10,18,20,22H,4,11-16H2,(H,27,28,31). The first-order valence-electron chi connectivity index (χ1n) is 11.8. The van der Waals surface area contributed by atoms with Crippen molar-refractivity contribution in [1.82, 2.24) is 19.5 Å². The van der Waals surface area contributed by atoms with E-state index < -0.39 is 9.84 Å². The molecule has 1 saturated heterocycles. The molecule has 2 atom stereocenters. The third-order valence-electron chi connectivity index (χ3n) is 7.05. The third-order valence-corrected chi connectivity index (χ3v) is 8.70. The van der Waals surface area contributed by atoms with E-state index in [1.165, 1.54) is 0 Å². The van der Waals surface area contributed by atoms with Gasteiger partial charge in [-0.3, -0.25) is 15.0 Å². The fraction of sp³-hybridized carbons (Fsp3) is 0.400. The van der Waals surface area contributed by atoms with E-state index in [4.69, 9.17) is 0 Å². The summed E-state index contributed by atoms with van der Waals surface area (Å²) in [5.41, 5.74) is 3.72. The van der Waals surface area contributed by atoms with Crippen molar-refractivity contribution in [2.45, 2.75) is 31.8 Å². The van der Waals surface area contributed by atoms with Crippen LogP contribution < -0.4 is 5.32 Å². The van der Waals surface area contributed by atoms with Crippen molar-refractivity contribution in [2.75, 3.05) is 23.4 Å². The molecule has 2 aliphatic carbocycles. The number of fused-ring (bicyclic) bond motifs is 1. The average Bonchev–Trinajstić information content (AvgIpc) is 3.55. The number of hydrogen-bond donors (Lipinski definition) is 1. The monoisotopic (exact) mass is 477 g/mol. The Kier molecular flexibility index (Phi) is 5.26. The molecule has 2 unspecified atom stereocenters. The number of carbonyl (C=O) groups is 1. The summed E-state index contributed by atoms with van der Waals surface area (Å²) in [5.74, 6) is 1.22. The highest BCUT2D eigenvalue weighted by molar-refractivity contribution is 7.91. The van der Waals surface area contributed by atoms with Gasteiger partial charge in [-0.2, -0.15) is 4.98 Å². The zero-order valence-electron chi connectivity index (χ0n) is 18.8. The summed E-state index contributed by atoms with van der Waals surface area (Å²) in [6.07, 6.45) is 7.08. The molecule has 176 valence electrons. The van der Waals surface area contributed by atoms with Gasteiger partial charge in [-0.25, -0.2) is 12.9 Å². The maximum absolute atomic E-state index is 12.2. The van der Waals surface area contributed by atoms with Crippen LogP contribution in [-0.4, -0.2) is 57.9 Å². The summed E-state index contributed by atoms with van der Waals surface area (Å²) < 4.78 is 26.2. The minimum absolute atomic E-state index is 0.0111. The summed E-state index contributed by atoms with van der Waals surface area (Å²) in [6, 6.07) is 14.2. The van der Waals surface area contributed by atoms with Gasteiger partial charge in [-0.1, -0.05) is 42.5 Å². The van der Waals surface area contributed by atoms with Gasteiger partial charge in [0.2, 0.25) is 11.9 Å². The first kappa shape index (κ1) is 21.5. The lowest BCUT2D eigenvalue weighted by molar-refractivity contribution is -0.117. The van der Waals surface area contributed by atoms with Gasteiger partial charge in [0.25, 0.3) is 0 Å². The van der Waals surface area contributed by atoms with Crippen LogP contribution in [0.5, 0.6) is 0 Å². The molecule has 1 N–H and O–H groups in total. The molecule has 0 spiro atoms. The molecule has 1 saturated carbocycles. The van der Waals surface area contributed by atoms with Gasteiger partial charge in [0.15, 0.2) is 15.5 Å². The van der Waals surface area contributed by atoms with Gasteiger partial charge in [-0.15, -0.1) is 5.10 Å². The van der Waals surface area contributed by atoms with E-state index in [2.05, 4.69) is 56.7 Å². The highest BCUT2D eigenvalue weighted by Crippen LogP contribution is 2.31. The second-order valence-corrected chi connectivity index (χ2v) is 11.8. The number of amides is 1. The smallest absolute Gasteiger partial charge is 0.249 e. The van der Waals surface area contributed by atoms with E-state index in [-0.39, 0.29) is 29.4 Å². The lowest BCUT2D eigenvalue weighted by Crippen LogP contribution is -2.51. The third kappa shape index (κ3) is 4.25. The minimum Gasteiger partial charge on any atom is -0.294 e. The molecule has 6 rings (SSSR count). The zero-order valence-corrected chi connectivity index (χ0v) is 19.6. The van der Waals surface area contributed by atoms with E-state index >= 15 is 0 Å². The Bertz CT molecular complexity index is 1380. The van der Waals surface area contributed by atoms with Crippen molar-refractivity contribution < 1.29 is 13.2 Å². The predicted octanol–water partition coefficient (Wildman–Crippen LogP) is 2.92. The van der Waals surface area contributed by atoms with Crippen LogP contribution in [-0.2, 0) is 21.2 Å². The number of nitrogens with one attached hydrogen (secondary N) is 1. The highest BCUT2D eigenvalue weighted by atomic mass is 32.2. The van der Waals surface area contributed by atoms with Crippen LogP contribution in [0.2, 0.25) is 0 Å². The number of allylic oxidation sites excluding steroid dienone is 1. The molecular formula is C25H27N5O3S. The summed E-state index contributed by atoms with van der Waals surface area (Å²) in [6.45, 7) is 1.31. The molecule has 3 aliphatic rings. The lowest BCUT2D eigenvalue weighted by atomic mass is 9.87. The maximum Gasteiger partial charge on any atom is 0.249 e. The molecule has 3 heterocycles. The number of nitrogens with zero attached hydrogens (tertiary/aromatic N) is 4. The second-order valence-electron chi connectivity index (χ2n) is 9.56. The Morgan fingerprint density at radius 1 is 1.12 bits per heavy atom. The van der Waals surface area contributed by atoms with Crippen LogP contribution in [0.4, 0.5) is 5.95 Å². The van der Waals surface area contributed by atoms with Crippen molar-refractivity contribution in [3.63, 3.8) is 0 Å². The summed E-state index contributed by atoms with van der Waals surface area (Å²) in [5, 5.41) is 7.34. The largest absolute Gasteiger partial charge is 0.294 e. The van der Waals surface area contributed by atoms with Crippen LogP contribution in [0.25, 0.3) is 16.9 Å². The first-order chi connectivity index (χ1) is 16.4. The van der Waals surface area contributed by atoms with E-state index in [1.807, 2.05) is 18.2 Å². The molecule has 1 aromatic carbocycles. The Morgan fingerprint density at radius 2 is 1.91 bits per heavy atom. The van der Waals surface area contributed by atoms with Gasteiger partial charge in [0, 0.05) is 30.6 Å². The van der Waals surface area contributed by atoms with Crippen LogP contribution >= 0.6 is 0 Å². The van der Waals surface area contributed by atoms with Crippen LogP contribution in [0.3, 0.4) is 0 Å². The molecule has 3 aromatic rings. The van der Waals surface area contributed by atoms with Gasteiger partial charge < -0.3 is 0 Å². The van der Waals surface area contributed by atoms with Crippen LogP contribution in [0.15, 0.2) is 54.6 Å². The average molecular weight is 478 g/mol. The lowest BCUT2D eigenvalue weighted by Gasteiger charge is -2.41. The Labute approximate surface area is 198 Å². The summed E-state index contributed by atoms with van der Waals surface area (Å²) in [4.78, 5) is 18.9. The van der Waals surface area contributed by atoms with Crippen molar-refractivity contribution in [3.8, 4) is 11.3 Å². The first-order valence-corrected chi connectivity index (χ1v) is 13.6. The maximum atomic E-state index is 12.2. The normalized spacial score (nSPS) is 24.1. The number of pyridine rings is 1. The molecule has 0 radical (unpaired) electrons. The number of carbonyl (C=O) groups excluding carboxylic acids is 1. The predicted molar refractivity (Wildman–Crippen MR) is 130 cm³/mol. The fourth-order valence-corrected chi connectivity index (χ4v) is 6.45. The van der Waals surface area contributed by atoms with E-state index in [0.717, 1.165) is 42.6 Å². The molecule has 2 aromatic heterocycles. The minimum atomic E-state index is -2.97. The van der Waals surface area contributed by atoms with Crippen LogP contribution in [0.1, 0.15) is 24.8 Å². The molecule has 34 heavy (non-hydrogen) atoms. The number of hydrogen-bond acceptors (Lipinski definition) is 6. The zero-order chi connectivity index (χ0) is 23.3. The number of rotatable bonds is 6. The molecule has 1 amide bonds. The van der Waals surface area contributed by atoms with Crippen molar-refractivity contribution in [3.05, 3.63) is 60.2 Å². The topological polar surface area (TPSA) is 96.7 Å². The van der Waals surface area contributed by atoms with Gasteiger partial charge in [0.1, 0.15) is 0 Å². The molecule has 9 heteroatoms. The summed E-state index contributed by atoms with van der Waals surface area (Å²) >= 11 is 0. The van der Waals surface area contributed by atoms with Crippen LogP contribution in [0, 0.1) is 11.8 Å². The Morgan fingerprint density at radius 3 is 2.62 bits per heavy atom. The quantitative estimate of drug-likeness (QED) is 0.549. The van der Waals surface area contributed by atoms with Crippen molar-refractivity contribution >= 4 is 27.3 Å². The van der Waals surface area contributed by atoms with Gasteiger partial charge >= 0.3 is 0 Å². The highest BCUT2D eigenvalue weighted by Gasteiger charge is 2.36. The number of anilines is 1. The molecule has 1 aliphatic heterocycles. The van der Waals surface area contributed by atoms with Crippen molar-refractivity contribution in [2.24, 2.45) is 11.8 Å². The molecule has 2 fully saturated rings. The van der Waals surface area contributed by atoms with E-state index in [9.17, 15) is 13.2 Å². The number of sulfone groups is 1. The van der Waals surface area contributed by atoms with Crippen molar-refractivity contribution in [1.29, 1.82) is 0 Å². The summed E-state index contributed by atoms with van der Waals surface area (Å²) in [7, 11) is -2.97. The Balaban J connectivity index is 1.21. The van der Waals surface area contributed by atoms with E-state index in [1.54, 1.807) is 4.52 Å². The molecule has 0 bridgehead atoms. The Hall–Kier alpha value is -3.04. The van der Waals surface area contributed by atoms with E-state index in [0.29, 0.717) is 24.1 Å². The molecule has 8 nitrogen and oxygen atoms in total. The van der Waals surface area contributed by atoms with Gasteiger partial charge in [0.05, 0.1) is 17.2 Å². The fourth-order valence-electron chi connectivity index (χ4n) is 4.79. The second kappa shape index (κ2) is 8.32. The number of aromatic nitrogens is 3.